The van der Waals surface area contributed by atoms with Gasteiger partial charge in [-0.15, -0.1) is 0 Å². The highest BCUT2D eigenvalue weighted by Gasteiger charge is 2.35. The summed E-state index contributed by atoms with van der Waals surface area (Å²) in [5.74, 6) is -1.04. The van der Waals surface area contributed by atoms with Crippen molar-refractivity contribution in [3.63, 3.8) is 0 Å². The molecule has 0 spiro atoms. The maximum Gasteiger partial charge on any atom is 0.227 e. The molecule has 0 aromatic heterocycles. The number of amides is 1. The van der Waals surface area contributed by atoms with Gasteiger partial charge >= 0.3 is 0 Å². The summed E-state index contributed by atoms with van der Waals surface area (Å²) < 4.78 is 32.1. The number of hydrogen-bond acceptors (Lipinski definition) is 3. The normalized spacial score (nSPS) is 19.9. The molecule has 1 saturated heterocycles. The van der Waals surface area contributed by atoms with Gasteiger partial charge in [0, 0.05) is 6.54 Å². The molecular formula is C19H19F2NO3. The zero-order valence-corrected chi connectivity index (χ0v) is 13.8. The minimum atomic E-state index is -0.662. The fraction of sp³-hybridized carbons (Fsp3) is 0.316. The molecule has 0 bridgehead atoms. The van der Waals surface area contributed by atoms with Crippen LogP contribution in [-0.2, 0) is 11.2 Å². The Hall–Kier alpha value is -2.47. The van der Waals surface area contributed by atoms with Crippen molar-refractivity contribution in [3.05, 3.63) is 65.2 Å². The molecule has 2 atom stereocenters. The predicted octanol–water partition coefficient (Wildman–Crippen LogP) is 2.85. The number of aliphatic hydroxyl groups excluding tert-OH is 1. The summed E-state index contributed by atoms with van der Waals surface area (Å²) in [4.78, 5) is 14.2. The number of carbonyl (C=O) groups is 1. The molecule has 1 amide bonds. The van der Waals surface area contributed by atoms with E-state index in [1.807, 2.05) is 0 Å². The van der Waals surface area contributed by atoms with Crippen molar-refractivity contribution < 1.29 is 23.4 Å². The maximum atomic E-state index is 13.8. The Labute approximate surface area is 144 Å². The van der Waals surface area contributed by atoms with Gasteiger partial charge in [-0.1, -0.05) is 18.2 Å². The van der Waals surface area contributed by atoms with Gasteiger partial charge < -0.3 is 14.7 Å². The summed E-state index contributed by atoms with van der Waals surface area (Å²) in [6, 6.07) is 10.00. The number of hydrogen-bond donors (Lipinski definition) is 1. The lowest BCUT2D eigenvalue weighted by molar-refractivity contribution is -0.131. The van der Waals surface area contributed by atoms with E-state index in [0.29, 0.717) is 17.5 Å². The first-order chi connectivity index (χ1) is 12.0. The van der Waals surface area contributed by atoms with E-state index in [2.05, 4.69) is 0 Å². The highest BCUT2D eigenvalue weighted by Crippen LogP contribution is 2.33. The third-order valence-corrected chi connectivity index (χ3v) is 4.40. The molecule has 2 aromatic rings. The van der Waals surface area contributed by atoms with E-state index in [1.165, 1.54) is 36.3 Å². The van der Waals surface area contributed by atoms with Crippen molar-refractivity contribution >= 4 is 5.91 Å². The first kappa shape index (κ1) is 17.4. The van der Waals surface area contributed by atoms with Crippen LogP contribution in [0.5, 0.6) is 5.75 Å². The number of β-amino-alcohol motifs (C(OH)–C–C–N with tert-alkyl or cyclic N) is 1. The summed E-state index contributed by atoms with van der Waals surface area (Å²) in [7, 11) is 1.37. The minimum Gasteiger partial charge on any atom is -0.494 e. The van der Waals surface area contributed by atoms with Crippen molar-refractivity contribution in [2.45, 2.75) is 25.0 Å². The van der Waals surface area contributed by atoms with Crippen LogP contribution in [0.25, 0.3) is 0 Å². The average molecular weight is 347 g/mol. The first-order valence-corrected chi connectivity index (χ1v) is 8.03. The van der Waals surface area contributed by atoms with Gasteiger partial charge in [-0.25, -0.2) is 8.78 Å². The summed E-state index contributed by atoms with van der Waals surface area (Å²) in [5, 5.41) is 9.96. The molecule has 6 heteroatoms. The van der Waals surface area contributed by atoms with Crippen LogP contribution in [0.4, 0.5) is 8.78 Å². The van der Waals surface area contributed by atoms with Crippen molar-refractivity contribution in [3.8, 4) is 5.75 Å². The van der Waals surface area contributed by atoms with E-state index >= 15 is 0 Å². The molecule has 1 fully saturated rings. The van der Waals surface area contributed by atoms with Gasteiger partial charge in [0.2, 0.25) is 5.91 Å². The van der Waals surface area contributed by atoms with Crippen LogP contribution in [0.3, 0.4) is 0 Å². The average Bonchev–Trinajstić information content (AvgIpc) is 2.97. The number of rotatable bonds is 4. The smallest absolute Gasteiger partial charge is 0.227 e. The second kappa shape index (κ2) is 7.19. The number of halogens is 2. The number of carbonyl (C=O) groups excluding carboxylic acids is 1. The molecule has 1 aliphatic rings. The van der Waals surface area contributed by atoms with Gasteiger partial charge in [0.25, 0.3) is 0 Å². The van der Waals surface area contributed by atoms with Gasteiger partial charge in [0.15, 0.2) is 11.6 Å². The largest absolute Gasteiger partial charge is 0.494 e. The van der Waals surface area contributed by atoms with E-state index in [1.54, 1.807) is 18.2 Å². The summed E-state index contributed by atoms with van der Waals surface area (Å²) in [5.41, 5.74) is 1.16. The predicted molar refractivity (Wildman–Crippen MR) is 88.1 cm³/mol. The van der Waals surface area contributed by atoms with Gasteiger partial charge in [-0.3, -0.25) is 4.79 Å². The Morgan fingerprint density at radius 3 is 2.76 bits per heavy atom. The number of benzene rings is 2. The molecule has 0 unspecified atom stereocenters. The molecule has 1 heterocycles. The van der Waals surface area contributed by atoms with Crippen molar-refractivity contribution in [1.29, 1.82) is 0 Å². The van der Waals surface area contributed by atoms with Crippen LogP contribution in [0.2, 0.25) is 0 Å². The number of likely N-dealkylation sites (tertiary alicyclic amines) is 1. The van der Waals surface area contributed by atoms with Gasteiger partial charge in [-0.05, 0) is 41.8 Å². The lowest BCUT2D eigenvalue weighted by Gasteiger charge is -2.25. The molecule has 0 aliphatic carbocycles. The highest BCUT2D eigenvalue weighted by atomic mass is 19.1. The first-order valence-electron chi connectivity index (χ1n) is 8.03. The molecule has 3 rings (SSSR count). The molecule has 1 N–H and O–H groups in total. The van der Waals surface area contributed by atoms with Crippen LogP contribution < -0.4 is 4.74 Å². The van der Waals surface area contributed by atoms with Crippen molar-refractivity contribution in [1.82, 2.24) is 4.90 Å². The Bertz CT molecular complexity index is 781. The third-order valence-electron chi connectivity index (χ3n) is 4.40. The quantitative estimate of drug-likeness (QED) is 0.925. The molecule has 0 radical (unpaired) electrons. The molecule has 1 aliphatic heterocycles. The van der Waals surface area contributed by atoms with Gasteiger partial charge in [0.1, 0.15) is 5.82 Å². The summed E-state index contributed by atoms with van der Waals surface area (Å²) >= 11 is 0. The summed E-state index contributed by atoms with van der Waals surface area (Å²) in [6.45, 7) is 0.179. The zero-order valence-electron chi connectivity index (χ0n) is 13.8. The number of nitrogens with zero attached hydrogens (tertiary/aromatic N) is 1. The zero-order chi connectivity index (χ0) is 18.0. The van der Waals surface area contributed by atoms with E-state index in [0.717, 1.165) is 0 Å². The Morgan fingerprint density at radius 1 is 1.28 bits per heavy atom. The second-order valence-corrected chi connectivity index (χ2v) is 6.15. The maximum absolute atomic E-state index is 13.8. The molecule has 132 valence electrons. The van der Waals surface area contributed by atoms with E-state index in [-0.39, 0.29) is 36.5 Å². The number of methoxy groups -OCH3 is 1. The molecule has 4 nitrogen and oxygen atoms in total. The van der Waals surface area contributed by atoms with Gasteiger partial charge in [-0.2, -0.15) is 0 Å². The lowest BCUT2D eigenvalue weighted by Crippen LogP contribution is -2.33. The number of aliphatic hydroxyl groups is 1. The van der Waals surface area contributed by atoms with Crippen LogP contribution in [-0.4, -0.2) is 35.7 Å². The third kappa shape index (κ3) is 3.79. The van der Waals surface area contributed by atoms with Crippen molar-refractivity contribution in [2.24, 2.45) is 0 Å². The number of ether oxygens (including phenoxy) is 1. The fourth-order valence-electron chi connectivity index (χ4n) is 3.22. The molecular weight excluding hydrogens is 328 g/mol. The highest BCUT2D eigenvalue weighted by molar-refractivity contribution is 5.79. The van der Waals surface area contributed by atoms with E-state index < -0.39 is 11.9 Å². The van der Waals surface area contributed by atoms with Crippen LogP contribution >= 0.6 is 0 Å². The Kier molecular flexibility index (Phi) is 4.99. The monoisotopic (exact) mass is 347 g/mol. The molecule has 0 saturated carbocycles. The second-order valence-electron chi connectivity index (χ2n) is 6.15. The van der Waals surface area contributed by atoms with Crippen molar-refractivity contribution in [2.75, 3.05) is 13.7 Å². The standard InChI is InChI=1S/C19H19F2NO3/c1-25-18-6-5-12(7-16(18)21)8-19(24)22-11-15(23)10-17(22)13-3-2-4-14(20)9-13/h2-7,9,15,17,23H,8,10-11H2,1H3/t15-,17+/m1/s1. The van der Waals surface area contributed by atoms with Crippen LogP contribution in [0, 0.1) is 11.6 Å². The van der Waals surface area contributed by atoms with Gasteiger partial charge in [0.05, 0.1) is 25.7 Å². The van der Waals surface area contributed by atoms with Crippen LogP contribution in [0.1, 0.15) is 23.6 Å². The summed E-state index contributed by atoms with van der Waals surface area (Å²) in [6.07, 6.45) is -0.309. The fourth-order valence-corrected chi connectivity index (χ4v) is 3.22. The minimum absolute atomic E-state index is 0.000546. The molecule has 25 heavy (non-hydrogen) atoms. The van der Waals surface area contributed by atoms with Crippen LogP contribution in [0.15, 0.2) is 42.5 Å². The van der Waals surface area contributed by atoms with E-state index in [4.69, 9.17) is 4.74 Å². The Balaban J connectivity index is 1.79. The topological polar surface area (TPSA) is 49.8 Å². The lowest BCUT2D eigenvalue weighted by atomic mass is 10.0. The molecule has 2 aromatic carbocycles. The Morgan fingerprint density at radius 2 is 2.08 bits per heavy atom. The SMILES string of the molecule is COc1ccc(CC(=O)N2C[C@H](O)C[C@H]2c2cccc(F)c2)cc1F. The van der Waals surface area contributed by atoms with E-state index in [9.17, 15) is 18.7 Å².